The molecule has 1 aromatic rings. The predicted molar refractivity (Wildman–Crippen MR) is 67.4 cm³/mol. The number of aromatic nitrogens is 1. The first-order valence-electron chi connectivity index (χ1n) is 5.81. The molecule has 0 amide bonds. The highest BCUT2D eigenvalue weighted by atomic mass is 35.5. The van der Waals surface area contributed by atoms with Gasteiger partial charge in [0.15, 0.2) is 0 Å². The summed E-state index contributed by atoms with van der Waals surface area (Å²) in [6.07, 6.45) is 2.46. The van der Waals surface area contributed by atoms with Crippen molar-refractivity contribution in [3.8, 4) is 5.88 Å². The van der Waals surface area contributed by atoms with Gasteiger partial charge in [0, 0.05) is 12.6 Å². The average Bonchev–Trinajstić information content (AvgIpc) is 3.12. The van der Waals surface area contributed by atoms with Crippen LogP contribution in [0.2, 0.25) is 5.15 Å². The molecule has 0 unspecified atom stereocenters. The summed E-state index contributed by atoms with van der Waals surface area (Å²) in [5, 5.41) is 9.22. The van der Waals surface area contributed by atoms with Crippen LogP contribution >= 0.6 is 11.6 Å². The number of halogens is 1. The highest BCUT2D eigenvalue weighted by Gasteiger charge is 2.25. The Morgan fingerprint density at radius 2 is 2.33 bits per heavy atom. The van der Waals surface area contributed by atoms with Crippen LogP contribution in [0.4, 0.5) is 0 Å². The van der Waals surface area contributed by atoms with Gasteiger partial charge in [-0.15, -0.1) is 0 Å². The molecule has 2 rings (SSSR count). The van der Waals surface area contributed by atoms with E-state index in [1.165, 1.54) is 25.0 Å². The van der Waals surface area contributed by atoms with Crippen molar-refractivity contribution in [2.45, 2.75) is 18.9 Å². The highest BCUT2D eigenvalue weighted by Crippen LogP contribution is 2.25. The van der Waals surface area contributed by atoms with Crippen LogP contribution in [-0.4, -0.2) is 47.2 Å². The zero-order valence-electron chi connectivity index (χ0n) is 10.1. The summed E-state index contributed by atoms with van der Waals surface area (Å²) in [7, 11) is 2.03. The minimum absolute atomic E-state index is 0.0356. The van der Waals surface area contributed by atoms with Gasteiger partial charge < -0.3 is 14.7 Å². The Labute approximate surface area is 110 Å². The van der Waals surface area contributed by atoms with E-state index in [0.29, 0.717) is 12.6 Å². The van der Waals surface area contributed by atoms with Gasteiger partial charge in [-0.05, 0) is 32.0 Å². The molecule has 1 aromatic heterocycles. The van der Waals surface area contributed by atoms with Crippen molar-refractivity contribution >= 4 is 17.6 Å². The van der Waals surface area contributed by atoms with Crippen LogP contribution in [0.5, 0.6) is 5.88 Å². The first-order chi connectivity index (χ1) is 8.58. The molecule has 6 heteroatoms. The van der Waals surface area contributed by atoms with Crippen molar-refractivity contribution in [3.05, 3.63) is 22.8 Å². The third-order valence-corrected chi connectivity index (χ3v) is 3.12. The lowest BCUT2D eigenvalue weighted by Crippen LogP contribution is -2.26. The normalized spacial score (nSPS) is 14.8. The molecule has 0 saturated heterocycles. The fourth-order valence-electron chi connectivity index (χ4n) is 1.67. The van der Waals surface area contributed by atoms with Crippen molar-refractivity contribution in [3.63, 3.8) is 0 Å². The predicted octanol–water partition coefficient (Wildman–Crippen LogP) is 1.91. The van der Waals surface area contributed by atoms with Gasteiger partial charge in [0.25, 0.3) is 0 Å². The van der Waals surface area contributed by atoms with Crippen LogP contribution in [0.3, 0.4) is 0 Å². The standard InChI is InChI=1S/C12H15ClN2O3/c1-15(8-2-3-8)6-7-18-11-9(12(16)17)4-5-10(13)14-11/h4-5,8H,2-3,6-7H2,1H3,(H,16,17). The van der Waals surface area contributed by atoms with Gasteiger partial charge in [-0.25, -0.2) is 9.78 Å². The number of carboxylic acids is 1. The van der Waals surface area contributed by atoms with Crippen LogP contribution in [0.15, 0.2) is 12.1 Å². The number of nitrogens with zero attached hydrogens (tertiary/aromatic N) is 2. The lowest BCUT2D eigenvalue weighted by molar-refractivity contribution is 0.0690. The lowest BCUT2D eigenvalue weighted by atomic mass is 10.3. The second kappa shape index (κ2) is 5.54. The summed E-state index contributed by atoms with van der Waals surface area (Å²) in [5.41, 5.74) is 0.0356. The molecule has 0 atom stereocenters. The summed E-state index contributed by atoms with van der Waals surface area (Å²) in [4.78, 5) is 17.1. The Morgan fingerprint density at radius 1 is 1.61 bits per heavy atom. The molecule has 1 aliphatic carbocycles. The Morgan fingerprint density at radius 3 is 2.94 bits per heavy atom. The number of pyridine rings is 1. The molecule has 1 heterocycles. The molecule has 0 bridgehead atoms. The maximum absolute atomic E-state index is 11.0. The third kappa shape index (κ3) is 3.34. The Kier molecular flexibility index (Phi) is 4.04. The summed E-state index contributed by atoms with van der Waals surface area (Å²) in [5.74, 6) is -0.982. The summed E-state index contributed by atoms with van der Waals surface area (Å²) in [6, 6.07) is 3.49. The smallest absolute Gasteiger partial charge is 0.341 e. The molecule has 0 spiro atoms. The molecule has 1 saturated carbocycles. The van der Waals surface area contributed by atoms with E-state index >= 15 is 0 Å². The minimum Gasteiger partial charge on any atom is -0.477 e. The van der Waals surface area contributed by atoms with Crippen LogP contribution < -0.4 is 4.74 Å². The SMILES string of the molecule is CN(CCOc1nc(Cl)ccc1C(=O)O)C1CC1. The van der Waals surface area contributed by atoms with Crippen molar-refractivity contribution in [1.29, 1.82) is 0 Å². The van der Waals surface area contributed by atoms with Gasteiger partial charge in [0.2, 0.25) is 5.88 Å². The van der Waals surface area contributed by atoms with Gasteiger partial charge in [-0.2, -0.15) is 0 Å². The molecule has 1 N–H and O–H groups in total. The fourth-order valence-corrected chi connectivity index (χ4v) is 1.81. The van der Waals surface area contributed by atoms with Gasteiger partial charge in [-0.1, -0.05) is 11.6 Å². The first kappa shape index (κ1) is 13.1. The van der Waals surface area contributed by atoms with Gasteiger partial charge in [0.05, 0.1) is 0 Å². The Balaban J connectivity index is 1.94. The molecule has 1 fully saturated rings. The highest BCUT2D eigenvalue weighted by molar-refractivity contribution is 6.29. The quantitative estimate of drug-likeness (QED) is 0.800. The van der Waals surface area contributed by atoms with E-state index in [1.54, 1.807) is 0 Å². The van der Waals surface area contributed by atoms with Crippen LogP contribution in [0, 0.1) is 0 Å². The zero-order valence-corrected chi connectivity index (χ0v) is 10.9. The fraction of sp³-hybridized carbons (Fsp3) is 0.500. The largest absolute Gasteiger partial charge is 0.477 e. The van der Waals surface area contributed by atoms with E-state index in [1.807, 2.05) is 7.05 Å². The van der Waals surface area contributed by atoms with E-state index in [9.17, 15) is 4.79 Å². The molecule has 18 heavy (non-hydrogen) atoms. The van der Waals surface area contributed by atoms with Crippen LogP contribution in [-0.2, 0) is 0 Å². The summed E-state index contributed by atoms with van der Waals surface area (Å²) < 4.78 is 5.41. The van der Waals surface area contributed by atoms with Crippen molar-refractivity contribution in [2.24, 2.45) is 0 Å². The number of likely N-dealkylation sites (N-methyl/N-ethyl adjacent to an activating group) is 1. The van der Waals surface area contributed by atoms with Gasteiger partial charge in [0.1, 0.15) is 17.3 Å². The third-order valence-electron chi connectivity index (χ3n) is 2.91. The van der Waals surface area contributed by atoms with Gasteiger partial charge in [-0.3, -0.25) is 0 Å². The molecule has 98 valence electrons. The number of hydrogen-bond acceptors (Lipinski definition) is 4. The number of carbonyl (C=O) groups is 1. The summed E-state index contributed by atoms with van der Waals surface area (Å²) >= 11 is 5.73. The minimum atomic E-state index is -1.07. The Bertz CT molecular complexity index is 449. The first-order valence-corrected chi connectivity index (χ1v) is 6.18. The van der Waals surface area contributed by atoms with Crippen molar-refractivity contribution in [2.75, 3.05) is 20.2 Å². The van der Waals surface area contributed by atoms with E-state index in [-0.39, 0.29) is 16.6 Å². The molecular formula is C12H15ClN2O3. The van der Waals surface area contributed by atoms with E-state index in [4.69, 9.17) is 21.4 Å². The lowest BCUT2D eigenvalue weighted by Gasteiger charge is -2.16. The zero-order chi connectivity index (χ0) is 13.1. The number of aromatic carboxylic acids is 1. The van der Waals surface area contributed by atoms with Crippen molar-refractivity contribution < 1.29 is 14.6 Å². The topological polar surface area (TPSA) is 62.7 Å². The number of carboxylic acid groups (broad SMARTS) is 1. The van der Waals surface area contributed by atoms with E-state index in [2.05, 4.69) is 9.88 Å². The molecule has 1 aliphatic rings. The molecule has 5 nitrogen and oxygen atoms in total. The van der Waals surface area contributed by atoms with E-state index in [0.717, 1.165) is 6.54 Å². The number of hydrogen-bond donors (Lipinski definition) is 1. The Hall–Kier alpha value is -1.33. The monoisotopic (exact) mass is 270 g/mol. The van der Waals surface area contributed by atoms with E-state index < -0.39 is 5.97 Å². The van der Waals surface area contributed by atoms with Crippen LogP contribution in [0.25, 0.3) is 0 Å². The number of rotatable bonds is 6. The molecule has 0 aromatic carbocycles. The number of ether oxygens (including phenoxy) is 1. The maximum atomic E-state index is 11.0. The second-order valence-corrected chi connectivity index (χ2v) is 4.74. The average molecular weight is 271 g/mol. The molecular weight excluding hydrogens is 256 g/mol. The summed E-state index contributed by atoms with van der Waals surface area (Å²) in [6.45, 7) is 1.15. The molecule has 0 aliphatic heterocycles. The van der Waals surface area contributed by atoms with Crippen LogP contribution in [0.1, 0.15) is 23.2 Å². The molecule has 0 radical (unpaired) electrons. The van der Waals surface area contributed by atoms with Crippen molar-refractivity contribution in [1.82, 2.24) is 9.88 Å². The second-order valence-electron chi connectivity index (χ2n) is 4.35. The van der Waals surface area contributed by atoms with Gasteiger partial charge >= 0.3 is 5.97 Å². The maximum Gasteiger partial charge on any atom is 0.341 e.